The van der Waals surface area contributed by atoms with Crippen LogP contribution in [0.3, 0.4) is 0 Å². The van der Waals surface area contributed by atoms with Gasteiger partial charge < -0.3 is 10.1 Å². The Morgan fingerprint density at radius 1 is 1.80 bits per heavy atom. The van der Waals surface area contributed by atoms with Crippen LogP contribution in [0.1, 0.15) is 6.42 Å². The molecule has 1 N–H and O–H groups in total. The molecular formula is C9H12IN3O2. The number of esters is 1. The maximum absolute atomic E-state index is 11.3. The molecule has 0 saturated carbocycles. The van der Waals surface area contributed by atoms with Gasteiger partial charge in [0.2, 0.25) is 0 Å². The second-order valence-corrected chi connectivity index (χ2v) is 4.77. The summed E-state index contributed by atoms with van der Waals surface area (Å²) in [6, 6.07) is 1.93. The van der Waals surface area contributed by atoms with E-state index >= 15 is 0 Å². The average molecular weight is 321 g/mol. The number of hydrogen-bond acceptors (Lipinski definition) is 4. The Balaban J connectivity index is 2.18. The lowest BCUT2D eigenvalue weighted by atomic mass is 9.89. The van der Waals surface area contributed by atoms with Crippen molar-refractivity contribution in [2.75, 3.05) is 20.2 Å². The summed E-state index contributed by atoms with van der Waals surface area (Å²) in [7, 11) is 1.41. The van der Waals surface area contributed by atoms with Crippen LogP contribution in [0.15, 0.2) is 12.3 Å². The Bertz CT molecular complexity index is 373. The molecule has 1 saturated heterocycles. The Hall–Kier alpha value is -0.630. The molecule has 0 atom stereocenters. The van der Waals surface area contributed by atoms with Crippen LogP contribution in [0, 0.1) is 3.70 Å². The lowest BCUT2D eigenvalue weighted by Gasteiger charge is -2.41. The van der Waals surface area contributed by atoms with Gasteiger partial charge in [-0.3, -0.25) is 9.48 Å². The molecule has 2 heterocycles. The SMILES string of the molecule is COC(=O)CC1(n2ccc(I)n2)CNC1. The van der Waals surface area contributed by atoms with Gasteiger partial charge in [0, 0.05) is 19.3 Å². The lowest BCUT2D eigenvalue weighted by molar-refractivity contribution is -0.144. The number of methoxy groups -OCH3 is 1. The molecule has 1 fully saturated rings. The number of carbonyl (C=O) groups excluding carboxylic acids is 1. The highest BCUT2D eigenvalue weighted by Gasteiger charge is 2.42. The zero-order chi connectivity index (χ0) is 10.9. The van der Waals surface area contributed by atoms with Crippen molar-refractivity contribution in [3.63, 3.8) is 0 Å². The monoisotopic (exact) mass is 321 g/mol. The van der Waals surface area contributed by atoms with Gasteiger partial charge in [-0.05, 0) is 28.7 Å². The van der Waals surface area contributed by atoms with Crippen molar-refractivity contribution in [1.82, 2.24) is 15.1 Å². The second kappa shape index (κ2) is 4.09. The van der Waals surface area contributed by atoms with Gasteiger partial charge in [0.1, 0.15) is 3.70 Å². The topological polar surface area (TPSA) is 56.2 Å². The molecular weight excluding hydrogens is 309 g/mol. The van der Waals surface area contributed by atoms with Crippen molar-refractivity contribution in [3.8, 4) is 0 Å². The molecule has 1 aromatic heterocycles. The number of hydrogen-bond donors (Lipinski definition) is 1. The molecule has 0 bridgehead atoms. The van der Waals surface area contributed by atoms with Crippen LogP contribution in [0.5, 0.6) is 0 Å². The van der Waals surface area contributed by atoms with Crippen LogP contribution in [-0.2, 0) is 15.1 Å². The Morgan fingerprint density at radius 2 is 2.53 bits per heavy atom. The fourth-order valence-corrected chi connectivity index (χ4v) is 2.08. The molecule has 1 aliphatic rings. The molecule has 2 rings (SSSR count). The first-order valence-corrected chi connectivity index (χ1v) is 5.73. The lowest BCUT2D eigenvalue weighted by Crippen LogP contribution is -2.61. The summed E-state index contributed by atoms with van der Waals surface area (Å²) in [5, 5.41) is 7.52. The highest BCUT2D eigenvalue weighted by Crippen LogP contribution is 2.26. The fourth-order valence-electron chi connectivity index (χ4n) is 1.69. The molecule has 0 unspecified atom stereocenters. The summed E-state index contributed by atoms with van der Waals surface area (Å²) in [6.07, 6.45) is 2.28. The third-order valence-electron chi connectivity index (χ3n) is 2.65. The minimum atomic E-state index is -0.226. The van der Waals surface area contributed by atoms with E-state index in [9.17, 15) is 4.79 Å². The Morgan fingerprint density at radius 3 is 2.93 bits per heavy atom. The van der Waals surface area contributed by atoms with Crippen LogP contribution < -0.4 is 5.32 Å². The summed E-state index contributed by atoms with van der Waals surface area (Å²) in [4.78, 5) is 11.3. The van der Waals surface area contributed by atoms with Gasteiger partial charge in [0.15, 0.2) is 0 Å². The number of nitrogens with zero attached hydrogens (tertiary/aromatic N) is 2. The van der Waals surface area contributed by atoms with Gasteiger partial charge in [-0.25, -0.2) is 0 Å². The largest absolute Gasteiger partial charge is 0.469 e. The number of nitrogens with one attached hydrogen (secondary N) is 1. The van der Waals surface area contributed by atoms with E-state index in [4.69, 9.17) is 4.74 Å². The summed E-state index contributed by atoms with van der Waals surface area (Å²) in [6.45, 7) is 1.53. The van der Waals surface area contributed by atoms with E-state index in [0.717, 1.165) is 16.8 Å². The number of aromatic nitrogens is 2. The van der Waals surface area contributed by atoms with Gasteiger partial charge in [-0.15, -0.1) is 0 Å². The number of carbonyl (C=O) groups is 1. The summed E-state index contributed by atoms with van der Waals surface area (Å²) >= 11 is 2.16. The molecule has 1 aliphatic heterocycles. The Kier molecular flexibility index (Phi) is 2.96. The van der Waals surface area contributed by atoms with E-state index in [-0.39, 0.29) is 11.5 Å². The van der Waals surface area contributed by atoms with E-state index in [1.54, 1.807) is 0 Å². The summed E-state index contributed by atoms with van der Waals surface area (Å²) < 4.78 is 7.50. The minimum Gasteiger partial charge on any atom is -0.469 e. The minimum absolute atomic E-state index is 0.193. The van der Waals surface area contributed by atoms with Crippen LogP contribution in [0.25, 0.3) is 0 Å². The number of ether oxygens (including phenoxy) is 1. The number of halogens is 1. The standard InChI is InChI=1S/C9H12IN3O2/c1-15-8(14)4-9(5-11-6-9)13-3-2-7(10)12-13/h2-3,11H,4-6H2,1H3. The first-order valence-electron chi connectivity index (χ1n) is 4.65. The molecule has 5 nitrogen and oxygen atoms in total. The molecule has 6 heteroatoms. The normalized spacial score (nSPS) is 18.3. The maximum Gasteiger partial charge on any atom is 0.308 e. The van der Waals surface area contributed by atoms with Crippen molar-refractivity contribution >= 4 is 28.6 Å². The van der Waals surface area contributed by atoms with Crippen LogP contribution in [0.4, 0.5) is 0 Å². The van der Waals surface area contributed by atoms with Gasteiger partial charge in [0.05, 0.1) is 19.1 Å². The predicted molar refractivity (Wildman–Crippen MR) is 62.4 cm³/mol. The highest BCUT2D eigenvalue weighted by atomic mass is 127. The molecule has 15 heavy (non-hydrogen) atoms. The van der Waals surface area contributed by atoms with Crippen molar-refractivity contribution < 1.29 is 9.53 Å². The molecule has 0 aromatic carbocycles. The van der Waals surface area contributed by atoms with E-state index in [2.05, 4.69) is 33.0 Å². The van der Waals surface area contributed by atoms with Crippen LogP contribution >= 0.6 is 22.6 Å². The van der Waals surface area contributed by atoms with Gasteiger partial charge in [0.25, 0.3) is 0 Å². The van der Waals surface area contributed by atoms with Crippen molar-refractivity contribution in [1.29, 1.82) is 0 Å². The number of rotatable bonds is 3. The highest BCUT2D eigenvalue weighted by molar-refractivity contribution is 14.1. The quantitative estimate of drug-likeness (QED) is 0.645. The zero-order valence-corrected chi connectivity index (χ0v) is 10.5. The van der Waals surface area contributed by atoms with Gasteiger partial charge in [-0.1, -0.05) is 0 Å². The first kappa shape index (κ1) is 10.9. The molecule has 0 aliphatic carbocycles. The molecule has 0 spiro atoms. The van der Waals surface area contributed by atoms with Gasteiger partial charge in [-0.2, -0.15) is 5.10 Å². The first-order chi connectivity index (χ1) is 7.16. The smallest absolute Gasteiger partial charge is 0.308 e. The van der Waals surface area contributed by atoms with Gasteiger partial charge >= 0.3 is 5.97 Å². The third kappa shape index (κ3) is 2.00. The molecule has 0 radical (unpaired) electrons. The molecule has 0 amide bonds. The summed E-state index contributed by atoms with van der Waals surface area (Å²) in [5.41, 5.74) is -0.226. The average Bonchev–Trinajstić information content (AvgIpc) is 2.58. The van der Waals surface area contributed by atoms with E-state index < -0.39 is 0 Å². The van der Waals surface area contributed by atoms with E-state index in [1.165, 1.54) is 7.11 Å². The van der Waals surface area contributed by atoms with Crippen LogP contribution in [-0.4, -0.2) is 35.9 Å². The Labute approximate surface area is 101 Å². The van der Waals surface area contributed by atoms with E-state index in [1.807, 2.05) is 16.9 Å². The van der Waals surface area contributed by atoms with E-state index in [0.29, 0.717) is 6.42 Å². The summed E-state index contributed by atoms with van der Waals surface area (Å²) in [5.74, 6) is -0.193. The van der Waals surface area contributed by atoms with Crippen LogP contribution in [0.2, 0.25) is 0 Å². The van der Waals surface area contributed by atoms with Crippen molar-refractivity contribution in [2.45, 2.75) is 12.0 Å². The van der Waals surface area contributed by atoms with Crippen molar-refractivity contribution in [3.05, 3.63) is 16.0 Å². The fraction of sp³-hybridized carbons (Fsp3) is 0.556. The van der Waals surface area contributed by atoms with Crippen molar-refractivity contribution in [2.24, 2.45) is 0 Å². The predicted octanol–water partition coefficient (Wildman–Crippen LogP) is 0.349. The zero-order valence-electron chi connectivity index (χ0n) is 8.36. The molecule has 82 valence electrons. The second-order valence-electron chi connectivity index (χ2n) is 3.66. The maximum atomic E-state index is 11.3. The molecule has 1 aromatic rings. The third-order valence-corrected chi connectivity index (χ3v) is 3.23.